The minimum Gasteiger partial charge on any atom is -0.358 e. The van der Waals surface area contributed by atoms with Crippen LogP contribution in [-0.2, 0) is 23.6 Å². The molecule has 2 aromatic rings. The van der Waals surface area contributed by atoms with E-state index >= 15 is 0 Å². The van der Waals surface area contributed by atoms with Crippen LogP contribution in [0.1, 0.15) is 23.1 Å². The van der Waals surface area contributed by atoms with Crippen LogP contribution in [0, 0.1) is 0 Å². The van der Waals surface area contributed by atoms with Crippen LogP contribution in [-0.4, -0.2) is 35.2 Å². The van der Waals surface area contributed by atoms with Gasteiger partial charge in [0.15, 0.2) is 5.11 Å². The lowest BCUT2D eigenvalue weighted by atomic mass is 9.97. The average molecular weight is 490 g/mol. The Morgan fingerprint density at radius 1 is 1.09 bits per heavy atom. The van der Waals surface area contributed by atoms with Crippen molar-refractivity contribution in [2.45, 2.75) is 37.3 Å². The summed E-state index contributed by atoms with van der Waals surface area (Å²) in [5.74, 6) is -0.214. The Morgan fingerprint density at radius 2 is 1.67 bits per heavy atom. The molecule has 3 rings (SSSR count). The predicted octanol–water partition coefficient (Wildman–Crippen LogP) is 4.36. The maximum absolute atomic E-state index is 13.1. The quantitative estimate of drug-likeness (QED) is 0.430. The maximum Gasteiger partial charge on any atom is 0.416 e. The van der Waals surface area contributed by atoms with E-state index in [0.29, 0.717) is 18.6 Å². The third kappa shape index (κ3) is 6.57. The fraction of sp³-hybridized carbons (Fsp3) is 0.333. The Morgan fingerprint density at radius 3 is 2.15 bits per heavy atom. The number of hydrogen-bond acceptors (Lipinski definition) is 3. The first-order valence-corrected chi connectivity index (χ1v) is 10.2. The van der Waals surface area contributed by atoms with Gasteiger partial charge in [-0.05, 0) is 42.4 Å². The minimum atomic E-state index is -4.97. The zero-order valence-corrected chi connectivity index (χ0v) is 18.0. The molecule has 1 amide bonds. The lowest BCUT2D eigenvalue weighted by molar-refractivity contribution is -0.143. The van der Waals surface area contributed by atoms with Crippen LogP contribution < -0.4 is 16.1 Å². The number of hydrogen-bond donors (Lipinski definition) is 3. The SMILES string of the molecule is CN1NC(=O)C[C@@H]1[C@H](Cc1ccccc1)NC(=S)Nc1cc(C(F)(F)F)cc(C(F)(F)F)c1. The number of alkyl halides is 6. The number of nitrogens with one attached hydrogen (secondary N) is 3. The maximum atomic E-state index is 13.1. The van der Waals surface area contributed by atoms with Crippen molar-refractivity contribution in [2.75, 3.05) is 12.4 Å². The highest BCUT2D eigenvalue weighted by molar-refractivity contribution is 7.80. The normalized spacial score (nSPS) is 18.0. The molecule has 0 unspecified atom stereocenters. The number of anilines is 1. The molecule has 2 aromatic carbocycles. The third-order valence-corrected chi connectivity index (χ3v) is 5.34. The smallest absolute Gasteiger partial charge is 0.358 e. The van der Waals surface area contributed by atoms with Crippen LogP contribution in [0.2, 0.25) is 0 Å². The van der Waals surface area contributed by atoms with Crippen LogP contribution in [0.15, 0.2) is 48.5 Å². The van der Waals surface area contributed by atoms with Gasteiger partial charge < -0.3 is 10.6 Å². The number of likely N-dealkylation sites (N-methyl/N-ethyl adjacent to an activating group) is 1. The van der Waals surface area contributed by atoms with E-state index in [9.17, 15) is 31.1 Å². The molecule has 0 saturated carbocycles. The summed E-state index contributed by atoms with van der Waals surface area (Å²) in [6.07, 6.45) is -9.39. The van der Waals surface area contributed by atoms with Crippen molar-refractivity contribution in [3.05, 3.63) is 65.2 Å². The first-order valence-electron chi connectivity index (χ1n) is 9.76. The molecule has 0 aromatic heterocycles. The van der Waals surface area contributed by atoms with Gasteiger partial charge in [0.1, 0.15) is 0 Å². The molecule has 12 heteroatoms. The molecule has 178 valence electrons. The average Bonchev–Trinajstić information content (AvgIpc) is 3.04. The lowest BCUT2D eigenvalue weighted by Gasteiger charge is -2.30. The molecule has 2 atom stereocenters. The van der Waals surface area contributed by atoms with Crippen molar-refractivity contribution >= 4 is 28.9 Å². The van der Waals surface area contributed by atoms with Gasteiger partial charge >= 0.3 is 12.4 Å². The monoisotopic (exact) mass is 490 g/mol. The second-order valence-electron chi connectivity index (χ2n) is 7.61. The summed E-state index contributed by atoms with van der Waals surface area (Å²) in [6, 6.07) is 9.54. The number of hydrazine groups is 1. The van der Waals surface area contributed by atoms with E-state index in [2.05, 4.69) is 16.1 Å². The number of carbonyl (C=O) groups is 1. The predicted molar refractivity (Wildman–Crippen MR) is 114 cm³/mol. The summed E-state index contributed by atoms with van der Waals surface area (Å²) >= 11 is 5.20. The molecular weight excluding hydrogens is 470 g/mol. The van der Waals surface area contributed by atoms with E-state index in [4.69, 9.17) is 12.2 Å². The summed E-state index contributed by atoms with van der Waals surface area (Å²) in [5.41, 5.74) is 0.195. The molecule has 0 bridgehead atoms. The Labute approximate surface area is 191 Å². The highest BCUT2D eigenvalue weighted by Gasteiger charge is 2.37. The van der Waals surface area contributed by atoms with E-state index in [1.54, 1.807) is 12.1 Å². The molecule has 0 spiro atoms. The number of thiocarbonyl (C=S) groups is 1. The van der Waals surface area contributed by atoms with Crippen LogP contribution in [0.5, 0.6) is 0 Å². The topological polar surface area (TPSA) is 56.4 Å². The lowest BCUT2D eigenvalue weighted by Crippen LogP contribution is -2.51. The summed E-state index contributed by atoms with van der Waals surface area (Å²) in [4.78, 5) is 11.8. The highest BCUT2D eigenvalue weighted by atomic mass is 32.1. The van der Waals surface area contributed by atoms with Gasteiger partial charge in [-0.1, -0.05) is 30.3 Å². The summed E-state index contributed by atoms with van der Waals surface area (Å²) in [7, 11) is 1.66. The molecule has 1 heterocycles. The Kier molecular flexibility index (Phi) is 7.17. The first-order chi connectivity index (χ1) is 15.3. The third-order valence-electron chi connectivity index (χ3n) is 5.12. The Bertz CT molecular complexity index is 980. The molecule has 1 fully saturated rings. The fourth-order valence-electron chi connectivity index (χ4n) is 3.58. The first kappa shape index (κ1) is 24.8. The summed E-state index contributed by atoms with van der Waals surface area (Å²) in [5, 5.41) is 6.80. The van der Waals surface area contributed by atoms with Crippen molar-refractivity contribution < 1.29 is 31.1 Å². The number of amides is 1. The van der Waals surface area contributed by atoms with E-state index in [0.717, 1.165) is 5.56 Å². The summed E-state index contributed by atoms with van der Waals surface area (Å²) in [6.45, 7) is 0. The van der Waals surface area contributed by atoms with E-state index in [1.165, 1.54) is 0 Å². The highest BCUT2D eigenvalue weighted by Crippen LogP contribution is 2.37. The zero-order chi connectivity index (χ0) is 24.4. The van der Waals surface area contributed by atoms with E-state index in [1.807, 2.05) is 30.3 Å². The van der Waals surface area contributed by atoms with Crippen LogP contribution in [0.4, 0.5) is 32.0 Å². The summed E-state index contributed by atoms with van der Waals surface area (Å²) < 4.78 is 78.7. The number of benzene rings is 2. The molecule has 1 aliphatic heterocycles. The van der Waals surface area contributed by atoms with E-state index < -0.39 is 35.2 Å². The van der Waals surface area contributed by atoms with Crippen LogP contribution in [0.25, 0.3) is 0 Å². The second kappa shape index (κ2) is 9.56. The van der Waals surface area contributed by atoms with E-state index in [-0.39, 0.29) is 29.5 Å². The van der Waals surface area contributed by atoms with Crippen molar-refractivity contribution in [2.24, 2.45) is 0 Å². The Balaban J connectivity index is 1.83. The standard InChI is InChI=1S/C21H20F6N4OS/c1-31-17(11-18(32)30-31)16(7-12-5-3-2-4-6-12)29-19(33)28-15-9-13(20(22,23)24)8-14(10-15)21(25,26)27/h2-6,8-10,16-17H,7,11H2,1H3,(H,30,32)(H2,28,29,33)/t16-,17+/m0/s1. The van der Waals surface area contributed by atoms with Gasteiger partial charge in [-0.25, -0.2) is 5.01 Å². The molecular formula is C21H20F6N4OS. The van der Waals surface area contributed by atoms with Crippen molar-refractivity contribution in [3.8, 4) is 0 Å². The molecule has 33 heavy (non-hydrogen) atoms. The van der Waals surface area contributed by atoms with Gasteiger partial charge in [0.2, 0.25) is 5.91 Å². The fourth-order valence-corrected chi connectivity index (χ4v) is 3.85. The van der Waals surface area contributed by atoms with Gasteiger partial charge in [0, 0.05) is 19.2 Å². The van der Waals surface area contributed by atoms with Gasteiger partial charge in [0.05, 0.1) is 23.2 Å². The number of halogens is 6. The number of carbonyl (C=O) groups excluding carboxylic acids is 1. The largest absolute Gasteiger partial charge is 0.416 e. The van der Waals surface area contributed by atoms with Crippen molar-refractivity contribution in [3.63, 3.8) is 0 Å². The molecule has 1 saturated heterocycles. The minimum absolute atomic E-state index is 0.0463. The number of nitrogens with zero attached hydrogens (tertiary/aromatic N) is 1. The Hall–Kier alpha value is -2.86. The number of rotatable bonds is 5. The van der Waals surface area contributed by atoms with Gasteiger partial charge in [-0.3, -0.25) is 10.2 Å². The molecule has 1 aliphatic rings. The molecule has 5 nitrogen and oxygen atoms in total. The van der Waals surface area contributed by atoms with Crippen molar-refractivity contribution in [1.29, 1.82) is 0 Å². The molecule has 3 N–H and O–H groups in total. The van der Waals surface area contributed by atoms with Gasteiger partial charge in [-0.15, -0.1) is 0 Å². The molecule has 0 aliphatic carbocycles. The zero-order valence-electron chi connectivity index (χ0n) is 17.2. The van der Waals surface area contributed by atoms with Gasteiger partial charge in [0.25, 0.3) is 0 Å². The van der Waals surface area contributed by atoms with Crippen LogP contribution in [0.3, 0.4) is 0 Å². The van der Waals surface area contributed by atoms with Crippen LogP contribution >= 0.6 is 12.2 Å². The van der Waals surface area contributed by atoms with Gasteiger partial charge in [-0.2, -0.15) is 26.3 Å². The second-order valence-corrected chi connectivity index (χ2v) is 8.01. The molecule has 0 radical (unpaired) electrons. The van der Waals surface area contributed by atoms with Crippen molar-refractivity contribution in [1.82, 2.24) is 15.8 Å².